The molecule has 7 heteroatoms. The minimum Gasteiger partial charge on any atom is -0.461 e. The Morgan fingerprint density at radius 1 is 1.08 bits per heavy atom. The summed E-state index contributed by atoms with van der Waals surface area (Å²) in [6.45, 7) is 2.01. The van der Waals surface area contributed by atoms with E-state index in [4.69, 9.17) is 39.5 Å². The van der Waals surface area contributed by atoms with Crippen LogP contribution in [0.4, 0.5) is 0 Å². The van der Waals surface area contributed by atoms with Crippen molar-refractivity contribution in [2.75, 3.05) is 6.61 Å². The molecule has 3 rings (SSSR count). The second kappa shape index (κ2) is 7.48. The van der Waals surface area contributed by atoms with Crippen molar-refractivity contribution in [3.05, 3.63) is 69.4 Å². The molecular formula is C18H13Cl3N2O2. The zero-order valence-corrected chi connectivity index (χ0v) is 15.4. The van der Waals surface area contributed by atoms with Crippen molar-refractivity contribution >= 4 is 40.8 Å². The number of imidazole rings is 1. The first-order valence-electron chi connectivity index (χ1n) is 7.47. The number of rotatable bonds is 4. The quantitative estimate of drug-likeness (QED) is 0.534. The number of hydrogen-bond donors (Lipinski definition) is 0. The number of esters is 1. The molecule has 0 fully saturated rings. The van der Waals surface area contributed by atoms with Crippen LogP contribution in [-0.2, 0) is 4.74 Å². The lowest BCUT2D eigenvalue weighted by Gasteiger charge is -2.10. The van der Waals surface area contributed by atoms with Crippen LogP contribution in [0.3, 0.4) is 0 Å². The fourth-order valence-corrected chi connectivity index (χ4v) is 2.97. The lowest BCUT2D eigenvalue weighted by Crippen LogP contribution is -2.04. The topological polar surface area (TPSA) is 44.1 Å². The van der Waals surface area contributed by atoms with Crippen LogP contribution in [-0.4, -0.2) is 22.1 Å². The number of carbonyl (C=O) groups is 1. The Bertz CT molecular complexity index is 921. The maximum absolute atomic E-state index is 12.1. The van der Waals surface area contributed by atoms with Gasteiger partial charge in [0.1, 0.15) is 5.82 Å². The Morgan fingerprint density at radius 2 is 1.76 bits per heavy atom. The van der Waals surface area contributed by atoms with Gasteiger partial charge in [-0.3, -0.25) is 4.57 Å². The zero-order chi connectivity index (χ0) is 18.0. The summed E-state index contributed by atoms with van der Waals surface area (Å²) in [7, 11) is 0. The van der Waals surface area contributed by atoms with Gasteiger partial charge in [0.2, 0.25) is 0 Å². The van der Waals surface area contributed by atoms with Crippen LogP contribution < -0.4 is 0 Å². The molecule has 0 unspecified atom stereocenters. The number of halogens is 3. The van der Waals surface area contributed by atoms with Gasteiger partial charge in [0.15, 0.2) is 5.69 Å². The van der Waals surface area contributed by atoms with Crippen LogP contribution in [0.5, 0.6) is 0 Å². The zero-order valence-electron chi connectivity index (χ0n) is 13.2. The highest BCUT2D eigenvalue weighted by Gasteiger charge is 2.19. The Kier molecular flexibility index (Phi) is 5.33. The summed E-state index contributed by atoms with van der Waals surface area (Å²) in [6.07, 6.45) is 1.59. The molecule has 0 aliphatic carbocycles. The van der Waals surface area contributed by atoms with Crippen LogP contribution in [0.15, 0.2) is 48.7 Å². The standard InChI is InChI=1S/C18H13Cl3N2O2/c1-2-25-18(24)15-10-23(16-8-7-13(20)9-14(16)21)17(22-15)11-3-5-12(19)6-4-11/h3-10H,2H2,1H3. The molecule has 4 nitrogen and oxygen atoms in total. The highest BCUT2D eigenvalue weighted by molar-refractivity contribution is 6.35. The monoisotopic (exact) mass is 394 g/mol. The van der Waals surface area contributed by atoms with Crippen LogP contribution in [0.1, 0.15) is 17.4 Å². The Labute approximate surface area is 159 Å². The average Bonchev–Trinajstić information content (AvgIpc) is 3.01. The Balaban J connectivity index is 2.17. The minimum absolute atomic E-state index is 0.192. The first-order chi connectivity index (χ1) is 12.0. The summed E-state index contributed by atoms with van der Waals surface area (Å²) in [5.74, 6) is 0.0468. The third kappa shape index (κ3) is 3.82. The molecule has 0 amide bonds. The fraction of sp³-hybridized carbons (Fsp3) is 0.111. The molecule has 0 saturated carbocycles. The van der Waals surface area contributed by atoms with Gasteiger partial charge in [-0.05, 0) is 49.4 Å². The van der Waals surface area contributed by atoms with Crippen molar-refractivity contribution in [1.82, 2.24) is 9.55 Å². The third-order valence-corrected chi connectivity index (χ3v) is 4.25. The summed E-state index contributed by atoms with van der Waals surface area (Å²) >= 11 is 18.3. The van der Waals surface area contributed by atoms with Crippen molar-refractivity contribution in [1.29, 1.82) is 0 Å². The van der Waals surface area contributed by atoms with E-state index in [2.05, 4.69) is 4.98 Å². The molecule has 0 saturated heterocycles. The van der Waals surface area contributed by atoms with Crippen LogP contribution in [0.25, 0.3) is 17.1 Å². The SMILES string of the molecule is CCOC(=O)c1cn(-c2ccc(Cl)cc2Cl)c(-c2ccc(Cl)cc2)n1. The van der Waals surface area contributed by atoms with Crippen molar-refractivity contribution < 1.29 is 9.53 Å². The lowest BCUT2D eigenvalue weighted by atomic mass is 10.2. The number of carbonyl (C=O) groups excluding carboxylic acids is 1. The first-order valence-corrected chi connectivity index (χ1v) is 8.61. The highest BCUT2D eigenvalue weighted by atomic mass is 35.5. The number of nitrogens with zero attached hydrogens (tertiary/aromatic N) is 2. The molecule has 128 valence electrons. The predicted octanol–water partition coefficient (Wildman–Crippen LogP) is 5.68. The van der Waals surface area contributed by atoms with Gasteiger partial charge in [-0.25, -0.2) is 9.78 Å². The van der Waals surface area contributed by atoms with E-state index in [1.165, 1.54) is 0 Å². The van der Waals surface area contributed by atoms with Crippen molar-refractivity contribution in [2.45, 2.75) is 6.92 Å². The van der Waals surface area contributed by atoms with E-state index >= 15 is 0 Å². The summed E-state index contributed by atoms with van der Waals surface area (Å²) in [5.41, 5.74) is 1.63. The van der Waals surface area contributed by atoms with E-state index in [0.717, 1.165) is 5.56 Å². The normalized spacial score (nSPS) is 10.7. The molecule has 25 heavy (non-hydrogen) atoms. The van der Waals surface area contributed by atoms with E-state index in [1.54, 1.807) is 48.0 Å². The van der Waals surface area contributed by atoms with E-state index < -0.39 is 5.97 Å². The van der Waals surface area contributed by atoms with Gasteiger partial charge in [0.05, 0.1) is 17.3 Å². The second-order valence-corrected chi connectivity index (χ2v) is 6.42. The largest absolute Gasteiger partial charge is 0.461 e. The molecule has 1 heterocycles. The molecule has 1 aromatic heterocycles. The van der Waals surface area contributed by atoms with Gasteiger partial charge in [0, 0.05) is 21.8 Å². The van der Waals surface area contributed by atoms with Gasteiger partial charge < -0.3 is 4.74 Å². The van der Waals surface area contributed by atoms with Gasteiger partial charge in [-0.15, -0.1) is 0 Å². The Hall–Kier alpha value is -2.01. The van der Waals surface area contributed by atoms with Gasteiger partial charge >= 0.3 is 5.97 Å². The smallest absolute Gasteiger partial charge is 0.358 e. The van der Waals surface area contributed by atoms with E-state index in [-0.39, 0.29) is 12.3 Å². The molecule has 2 aromatic carbocycles. The summed E-state index contributed by atoms with van der Waals surface area (Å²) in [4.78, 5) is 16.5. The molecular weight excluding hydrogens is 383 g/mol. The third-order valence-electron chi connectivity index (χ3n) is 3.46. The maximum atomic E-state index is 12.1. The van der Waals surface area contributed by atoms with Crippen molar-refractivity contribution in [2.24, 2.45) is 0 Å². The summed E-state index contributed by atoms with van der Waals surface area (Å²) in [6, 6.07) is 12.3. The van der Waals surface area contributed by atoms with Gasteiger partial charge in [0.25, 0.3) is 0 Å². The lowest BCUT2D eigenvalue weighted by molar-refractivity contribution is 0.0520. The van der Waals surface area contributed by atoms with Crippen LogP contribution in [0.2, 0.25) is 15.1 Å². The fourth-order valence-electron chi connectivity index (χ4n) is 2.35. The van der Waals surface area contributed by atoms with Crippen LogP contribution in [0, 0.1) is 0 Å². The summed E-state index contributed by atoms with van der Waals surface area (Å²) < 4.78 is 6.78. The highest BCUT2D eigenvalue weighted by Crippen LogP contribution is 2.30. The molecule has 0 bridgehead atoms. The molecule has 3 aromatic rings. The molecule has 0 spiro atoms. The van der Waals surface area contributed by atoms with Gasteiger partial charge in [-0.1, -0.05) is 34.8 Å². The number of benzene rings is 2. The average molecular weight is 396 g/mol. The number of aromatic nitrogens is 2. The molecule has 0 aliphatic rings. The van der Waals surface area contributed by atoms with Gasteiger partial charge in [-0.2, -0.15) is 0 Å². The minimum atomic E-state index is -0.499. The van der Waals surface area contributed by atoms with E-state index in [1.807, 2.05) is 12.1 Å². The second-order valence-electron chi connectivity index (χ2n) is 5.14. The predicted molar refractivity (Wildman–Crippen MR) is 100.0 cm³/mol. The van der Waals surface area contributed by atoms with E-state index in [9.17, 15) is 4.79 Å². The number of ether oxygens (including phenoxy) is 1. The molecule has 0 radical (unpaired) electrons. The molecule has 0 N–H and O–H groups in total. The van der Waals surface area contributed by atoms with E-state index in [0.29, 0.717) is 26.6 Å². The Morgan fingerprint density at radius 3 is 2.40 bits per heavy atom. The molecule has 0 atom stereocenters. The first kappa shape index (κ1) is 17.8. The maximum Gasteiger partial charge on any atom is 0.358 e. The van der Waals surface area contributed by atoms with Crippen LogP contribution >= 0.6 is 34.8 Å². The van der Waals surface area contributed by atoms with Crippen molar-refractivity contribution in [3.8, 4) is 17.1 Å². The molecule has 0 aliphatic heterocycles. The van der Waals surface area contributed by atoms with Crippen molar-refractivity contribution in [3.63, 3.8) is 0 Å². The summed E-state index contributed by atoms with van der Waals surface area (Å²) in [5, 5.41) is 1.57. The number of hydrogen-bond acceptors (Lipinski definition) is 3.